The van der Waals surface area contributed by atoms with Gasteiger partial charge >= 0.3 is 0 Å². The molecule has 0 aliphatic carbocycles. The van der Waals surface area contributed by atoms with E-state index in [-0.39, 0.29) is 12.3 Å². The smallest absolute Gasteiger partial charge is 0.248 e. The first kappa shape index (κ1) is 22.6. The summed E-state index contributed by atoms with van der Waals surface area (Å²) < 4.78 is 31.3. The quantitative estimate of drug-likeness (QED) is 0.674. The van der Waals surface area contributed by atoms with Crippen molar-refractivity contribution in [2.75, 3.05) is 34.4 Å². The lowest BCUT2D eigenvalue weighted by Crippen LogP contribution is -2.47. The third-order valence-corrected chi connectivity index (χ3v) is 6.36. The molecule has 1 aliphatic heterocycles. The van der Waals surface area contributed by atoms with E-state index in [2.05, 4.69) is 5.32 Å². The molecule has 0 radical (unpaired) electrons. The SMILES string of the molecule is CC[C@H](C(=O)Nc1ccc(N2CCCC2=O)cc1)N(c1ccc(OC)cc1)S(C)(=O)=O. The third-order valence-electron chi connectivity index (χ3n) is 5.18. The fraction of sp³-hybridized carbons (Fsp3) is 0.364. The Morgan fingerprint density at radius 1 is 1.16 bits per heavy atom. The van der Waals surface area contributed by atoms with Crippen LogP contribution in [0.1, 0.15) is 26.2 Å². The first-order chi connectivity index (χ1) is 14.7. The number of carbonyl (C=O) groups is 2. The van der Waals surface area contributed by atoms with Gasteiger partial charge in [0.2, 0.25) is 21.8 Å². The van der Waals surface area contributed by atoms with Crippen LogP contribution in [0.5, 0.6) is 5.75 Å². The summed E-state index contributed by atoms with van der Waals surface area (Å²) in [5, 5.41) is 2.79. The highest BCUT2D eigenvalue weighted by Crippen LogP contribution is 2.27. The molecule has 166 valence electrons. The van der Waals surface area contributed by atoms with E-state index in [4.69, 9.17) is 4.74 Å². The van der Waals surface area contributed by atoms with Crippen LogP contribution in [0, 0.1) is 0 Å². The fourth-order valence-corrected chi connectivity index (χ4v) is 4.87. The van der Waals surface area contributed by atoms with Gasteiger partial charge < -0.3 is 15.0 Å². The number of anilines is 3. The average Bonchev–Trinajstić information content (AvgIpc) is 3.17. The number of amides is 2. The zero-order chi connectivity index (χ0) is 22.6. The molecule has 8 nitrogen and oxygen atoms in total. The molecule has 0 bridgehead atoms. The molecule has 1 N–H and O–H groups in total. The van der Waals surface area contributed by atoms with E-state index in [1.165, 1.54) is 7.11 Å². The van der Waals surface area contributed by atoms with Gasteiger partial charge in [-0.2, -0.15) is 0 Å². The largest absolute Gasteiger partial charge is 0.497 e. The van der Waals surface area contributed by atoms with Crippen LogP contribution in [-0.4, -0.2) is 46.2 Å². The summed E-state index contributed by atoms with van der Waals surface area (Å²) in [6.07, 6.45) is 2.74. The van der Waals surface area contributed by atoms with Crippen LogP contribution in [0.4, 0.5) is 17.1 Å². The Kier molecular flexibility index (Phi) is 6.84. The summed E-state index contributed by atoms with van der Waals surface area (Å²) in [6.45, 7) is 2.45. The number of hydrogen-bond acceptors (Lipinski definition) is 5. The van der Waals surface area contributed by atoms with Gasteiger partial charge in [-0.15, -0.1) is 0 Å². The molecule has 1 heterocycles. The van der Waals surface area contributed by atoms with Gasteiger partial charge in [0.25, 0.3) is 0 Å². The van der Waals surface area contributed by atoms with Crippen LogP contribution in [0.25, 0.3) is 0 Å². The van der Waals surface area contributed by atoms with Gasteiger partial charge in [0.15, 0.2) is 0 Å². The summed E-state index contributed by atoms with van der Waals surface area (Å²) in [7, 11) is -2.20. The van der Waals surface area contributed by atoms with Crippen molar-refractivity contribution in [1.82, 2.24) is 0 Å². The first-order valence-corrected chi connectivity index (χ1v) is 11.9. The van der Waals surface area contributed by atoms with Crippen molar-refractivity contribution in [2.24, 2.45) is 0 Å². The normalized spacial score (nSPS) is 14.9. The Hall–Kier alpha value is -3.07. The number of nitrogens with zero attached hydrogens (tertiary/aromatic N) is 2. The Bertz CT molecular complexity index is 1040. The van der Waals surface area contributed by atoms with Crippen LogP contribution in [0.15, 0.2) is 48.5 Å². The minimum absolute atomic E-state index is 0.0890. The molecule has 2 aromatic rings. The number of hydrogen-bond donors (Lipinski definition) is 1. The lowest BCUT2D eigenvalue weighted by Gasteiger charge is -2.30. The molecule has 1 fully saturated rings. The predicted molar refractivity (Wildman–Crippen MR) is 121 cm³/mol. The van der Waals surface area contributed by atoms with Crippen molar-refractivity contribution in [2.45, 2.75) is 32.2 Å². The van der Waals surface area contributed by atoms with Gasteiger partial charge in [0.1, 0.15) is 11.8 Å². The van der Waals surface area contributed by atoms with Crippen molar-refractivity contribution in [1.29, 1.82) is 0 Å². The number of methoxy groups -OCH3 is 1. The van der Waals surface area contributed by atoms with E-state index < -0.39 is 22.0 Å². The molecule has 9 heteroatoms. The van der Waals surface area contributed by atoms with Gasteiger partial charge in [-0.25, -0.2) is 8.42 Å². The molecule has 0 spiro atoms. The van der Waals surface area contributed by atoms with E-state index in [0.717, 1.165) is 22.7 Å². The maximum atomic E-state index is 13.0. The second kappa shape index (κ2) is 9.38. The van der Waals surface area contributed by atoms with Crippen molar-refractivity contribution < 1.29 is 22.7 Å². The molecule has 1 atom stereocenters. The highest BCUT2D eigenvalue weighted by molar-refractivity contribution is 7.92. The monoisotopic (exact) mass is 445 g/mol. The Balaban J connectivity index is 1.80. The number of nitrogens with one attached hydrogen (secondary N) is 1. The second-order valence-corrected chi connectivity index (χ2v) is 9.23. The molecule has 1 saturated heterocycles. The number of sulfonamides is 1. The predicted octanol–water partition coefficient (Wildman–Crippen LogP) is 3.01. The van der Waals surface area contributed by atoms with Crippen molar-refractivity contribution >= 4 is 38.9 Å². The molecule has 0 saturated carbocycles. The molecular formula is C22H27N3O5S. The van der Waals surface area contributed by atoms with Crippen molar-refractivity contribution in [3.8, 4) is 5.75 Å². The van der Waals surface area contributed by atoms with Gasteiger partial charge in [-0.05, 0) is 61.4 Å². The van der Waals surface area contributed by atoms with E-state index in [1.54, 1.807) is 60.4 Å². The number of ether oxygens (including phenoxy) is 1. The zero-order valence-corrected chi connectivity index (χ0v) is 18.7. The summed E-state index contributed by atoms with van der Waals surface area (Å²) in [5.74, 6) is 0.242. The van der Waals surface area contributed by atoms with Gasteiger partial charge in [0, 0.05) is 24.3 Å². The third kappa shape index (κ3) is 5.16. The van der Waals surface area contributed by atoms with E-state index in [9.17, 15) is 18.0 Å². The average molecular weight is 446 g/mol. The van der Waals surface area contributed by atoms with Crippen LogP contribution in [-0.2, 0) is 19.6 Å². The number of rotatable bonds is 8. The topological polar surface area (TPSA) is 96.0 Å². The summed E-state index contributed by atoms with van der Waals surface area (Å²) in [4.78, 5) is 26.6. The lowest BCUT2D eigenvalue weighted by atomic mass is 10.1. The van der Waals surface area contributed by atoms with Crippen molar-refractivity contribution in [3.05, 3.63) is 48.5 Å². The molecule has 0 unspecified atom stereocenters. The molecule has 3 rings (SSSR count). The van der Waals surface area contributed by atoms with Crippen molar-refractivity contribution in [3.63, 3.8) is 0 Å². The molecule has 0 aromatic heterocycles. The Morgan fingerprint density at radius 3 is 2.29 bits per heavy atom. The Morgan fingerprint density at radius 2 is 1.81 bits per heavy atom. The Labute approximate surface area is 182 Å². The molecule has 31 heavy (non-hydrogen) atoms. The molecule has 2 amide bonds. The zero-order valence-electron chi connectivity index (χ0n) is 17.9. The minimum Gasteiger partial charge on any atom is -0.497 e. The summed E-state index contributed by atoms with van der Waals surface area (Å²) >= 11 is 0. The molecular weight excluding hydrogens is 418 g/mol. The summed E-state index contributed by atoms with van der Waals surface area (Å²) in [6, 6.07) is 12.6. The molecule has 1 aliphatic rings. The number of carbonyl (C=O) groups excluding carboxylic acids is 2. The van der Waals surface area contributed by atoms with Gasteiger partial charge in [-0.3, -0.25) is 13.9 Å². The fourth-order valence-electron chi connectivity index (χ4n) is 3.66. The minimum atomic E-state index is -3.72. The van der Waals surface area contributed by atoms with Crippen LogP contribution in [0.2, 0.25) is 0 Å². The van der Waals surface area contributed by atoms with E-state index >= 15 is 0 Å². The van der Waals surface area contributed by atoms with E-state index in [0.29, 0.717) is 30.1 Å². The highest BCUT2D eigenvalue weighted by Gasteiger charge is 2.31. The standard InChI is InChI=1S/C22H27N3O5S/c1-4-20(25(31(3,28)29)18-11-13-19(30-2)14-12-18)22(27)23-16-7-9-17(10-8-16)24-15-5-6-21(24)26/h7-14,20H,4-6,15H2,1-3H3,(H,23,27)/t20-/m1/s1. The summed E-state index contributed by atoms with van der Waals surface area (Å²) in [5.41, 5.74) is 1.69. The second-order valence-electron chi connectivity index (χ2n) is 7.37. The lowest BCUT2D eigenvalue weighted by molar-refractivity contribution is -0.118. The van der Waals surface area contributed by atoms with Crippen LogP contribution in [0.3, 0.4) is 0 Å². The van der Waals surface area contributed by atoms with Crippen LogP contribution < -0.4 is 19.3 Å². The maximum Gasteiger partial charge on any atom is 0.248 e. The first-order valence-electron chi connectivity index (χ1n) is 10.1. The molecule has 2 aromatic carbocycles. The van der Waals surface area contributed by atoms with Gasteiger partial charge in [-0.1, -0.05) is 6.92 Å². The van der Waals surface area contributed by atoms with Crippen LogP contribution >= 0.6 is 0 Å². The highest BCUT2D eigenvalue weighted by atomic mass is 32.2. The number of benzene rings is 2. The van der Waals surface area contributed by atoms with E-state index in [1.807, 2.05) is 0 Å². The maximum absolute atomic E-state index is 13.0. The van der Waals surface area contributed by atoms with Gasteiger partial charge in [0.05, 0.1) is 19.1 Å².